The van der Waals surface area contributed by atoms with Crippen LogP contribution in [0.15, 0.2) is 12.1 Å². The number of likely N-dealkylation sites (N-methyl/N-ethyl adjacent to an activating group) is 1. The molecule has 54 heavy (non-hydrogen) atoms. The van der Waals surface area contributed by atoms with Crippen LogP contribution in [0, 0.1) is 0 Å². The smallest absolute Gasteiger partial charge is 0.308 e. The molecular formula is C38H41NO15. The zero-order valence-electron chi connectivity index (χ0n) is 31.5. The van der Waals surface area contributed by atoms with Gasteiger partial charge in [0.2, 0.25) is 12.1 Å². The number of benzene rings is 2. The number of esters is 5. The maximum Gasteiger partial charge on any atom is 0.308 e. The zero-order chi connectivity index (χ0) is 39.8. The Kier molecular flexibility index (Phi) is 9.69. The first kappa shape index (κ1) is 38.5. The van der Waals surface area contributed by atoms with Gasteiger partial charge in [-0.15, -0.1) is 0 Å². The molecule has 2 bridgehead atoms. The van der Waals surface area contributed by atoms with E-state index in [2.05, 4.69) is 0 Å². The molecule has 2 aromatic carbocycles. The summed E-state index contributed by atoms with van der Waals surface area (Å²) >= 11 is 0. The van der Waals surface area contributed by atoms with E-state index in [4.69, 9.17) is 37.9 Å². The van der Waals surface area contributed by atoms with E-state index in [0.29, 0.717) is 11.1 Å². The van der Waals surface area contributed by atoms with Gasteiger partial charge >= 0.3 is 29.8 Å². The molecule has 2 aliphatic carbocycles. The third-order valence-corrected chi connectivity index (χ3v) is 10.0. The molecule has 7 atom stereocenters. The predicted octanol–water partition coefficient (Wildman–Crippen LogP) is 3.03. The molecule has 0 saturated carbocycles. The Bertz CT molecular complexity index is 2040. The Labute approximate surface area is 310 Å². The van der Waals surface area contributed by atoms with Gasteiger partial charge in [0.1, 0.15) is 28.5 Å². The first-order valence-corrected chi connectivity index (χ1v) is 17.2. The molecule has 2 heterocycles. The van der Waals surface area contributed by atoms with Crippen LogP contribution in [0.25, 0.3) is 0 Å². The highest BCUT2D eigenvalue weighted by Crippen LogP contribution is 2.56. The summed E-state index contributed by atoms with van der Waals surface area (Å²) < 4.78 is 47.1. The molecule has 7 unspecified atom stereocenters. The summed E-state index contributed by atoms with van der Waals surface area (Å²) in [5, 5.41) is 0. The zero-order valence-corrected chi connectivity index (χ0v) is 31.5. The minimum Gasteiger partial charge on any atom is -0.460 e. The summed E-state index contributed by atoms with van der Waals surface area (Å²) in [4.78, 5) is 94.0. The van der Waals surface area contributed by atoms with Crippen molar-refractivity contribution in [2.45, 2.75) is 103 Å². The van der Waals surface area contributed by atoms with Gasteiger partial charge in [-0.2, -0.15) is 0 Å². The average molecular weight is 752 g/mol. The fourth-order valence-corrected chi connectivity index (χ4v) is 8.25. The van der Waals surface area contributed by atoms with E-state index in [0.717, 1.165) is 13.8 Å². The lowest BCUT2D eigenvalue weighted by molar-refractivity contribution is -0.315. The molecule has 6 rings (SSSR count). The summed E-state index contributed by atoms with van der Waals surface area (Å²) in [6.07, 6.45) is -4.45. The van der Waals surface area contributed by atoms with Gasteiger partial charge in [0.15, 0.2) is 18.0 Å². The quantitative estimate of drug-likeness (QED) is 0.194. The maximum absolute atomic E-state index is 15.0. The van der Waals surface area contributed by atoms with Crippen LogP contribution in [0.4, 0.5) is 0 Å². The number of ketones is 2. The second-order valence-corrected chi connectivity index (χ2v) is 14.5. The number of hydrogen-bond acceptors (Lipinski definition) is 16. The topological polar surface area (TPSA) is 197 Å². The lowest BCUT2D eigenvalue weighted by Crippen LogP contribution is -2.70. The molecule has 0 amide bonds. The Balaban J connectivity index is 1.66. The molecule has 288 valence electrons. The van der Waals surface area contributed by atoms with Crippen molar-refractivity contribution < 1.29 is 71.5 Å². The van der Waals surface area contributed by atoms with Gasteiger partial charge in [-0.3, -0.25) is 38.5 Å². The van der Waals surface area contributed by atoms with Crippen molar-refractivity contribution in [1.82, 2.24) is 4.90 Å². The number of hydrogen-bond donors (Lipinski definition) is 0. The van der Waals surface area contributed by atoms with Crippen molar-refractivity contribution in [3.63, 3.8) is 0 Å². The summed E-state index contributed by atoms with van der Waals surface area (Å²) in [5.41, 5.74) is -3.08. The van der Waals surface area contributed by atoms with Crippen molar-refractivity contribution >= 4 is 41.4 Å². The van der Waals surface area contributed by atoms with Crippen LogP contribution in [-0.4, -0.2) is 97.7 Å². The van der Waals surface area contributed by atoms with Gasteiger partial charge in [0.05, 0.1) is 28.8 Å². The fraction of sp³-hybridized carbons (Fsp3) is 0.500. The number of carbonyl (C=O) groups excluding carboxylic acids is 7. The van der Waals surface area contributed by atoms with Gasteiger partial charge < -0.3 is 37.9 Å². The average Bonchev–Trinajstić information content (AvgIpc) is 3.03. The monoisotopic (exact) mass is 751 g/mol. The van der Waals surface area contributed by atoms with Crippen LogP contribution < -0.4 is 14.2 Å². The fourth-order valence-electron chi connectivity index (χ4n) is 8.25. The summed E-state index contributed by atoms with van der Waals surface area (Å²) in [7, 11) is 4.77. The number of ether oxygens (including phenoxy) is 8. The highest BCUT2D eigenvalue weighted by molar-refractivity contribution is 6.31. The van der Waals surface area contributed by atoms with E-state index >= 15 is 4.79 Å². The standard InChI is InChI=1S/C38H41NO15/c1-15(40)48-23-12-22-32(52-36-34(50-17(3)42)29(39(8)9)35(51-18(4)43)38(22,7)54-36)28-27(23)31(46)26-21(30(28)45)11-20-13-37(6,53-19(5)44)14-24(47-10)25(20)33(26)49-16(2)41/h11-12,24,29,34-36H,13-14H2,1-10H3. The van der Waals surface area contributed by atoms with E-state index in [9.17, 15) is 28.8 Å². The molecule has 16 nitrogen and oxygen atoms in total. The first-order chi connectivity index (χ1) is 25.2. The van der Waals surface area contributed by atoms with Gasteiger partial charge in [-0.1, -0.05) is 0 Å². The molecule has 1 fully saturated rings. The van der Waals surface area contributed by atoms with Gasteiger partial charge in [0.25, 0.3) is 0 Å². The minimum atomic E-state index is -1.64. The molecule has 0 N–H and O–H groups in total. The van der Waals surface area contributed by atoms with E-state index in [-0.39, 0.29) is 57.9 Å². The van der Waals surface area contributed by atoms with E-state index in [1.54, 1.807) is 32.8 Å². The number of carbonyl (C=O) groups is 7. The number of fused-ring (bicyclic) bond motifs is 8. The van der Waals surface area contributed by atoms with E-state index in [1.807, 2.05) is 0 Å². The van der Waals surface area contributed by atoms with Gasteiger partial charge in [-0.05, 0) is 45.6 Å². The minimum absolute atomic E-state index is 0.0633. The molecule has 16 heteroatoms. The molecule has 2 aliphatic heterocycles. The third-order valence-electron chi connectivity index (χ3n) is 10.0. The number of methoxy groups -OCH3 is 1. The molecule has 2 aromatic rings. The largest absolute Gasteiger partial charge is 0.460 e. The van der Waals surface area contributed by atoms with Crippen LogP contribution >= 0.6 is 0 Å². The maximum atomic E-state index is 15.0. The summed E-state index contributed by atoms with van der Waals surface area (Å²) in [6, 6.07) is 1.93. The highest BCUT2D eigenvalue weighted by Gasteiger charge is 2.62. The number of rotatable bonds is 7. The van der Waals surface area contributed by atoms with Crippen LogP contribution in [0.5, 0.6) is 17.2 Å². The van der Waals surface area contributed by atoms with Crippen molar-refractivity contribution in [3.8, 4) is 17.2 Å². The predicted molar refractivity (Wildman–Crippen MR) is 182 cm³/mol. The SMILES string of the molecule is COC1CC(C)(OC(C)=O)Cc2cc3c(c(OC(C)=O)c21)C(=O)c1c(OC(C)=O)cc2c(c1C3=O)OC1OC2(C)C(OC(C)=O)C(N(C)C)C1OC(C)=O. The van der Waals surface area contributed by atoms with Crippen LogP contribution in [0.3, 0.4) is 0 Å². The Hall–Kier alpha value is -5.19. The molecule has 0 aromatic heterocycles. The lowest BCUT2D eigenvalue weighted by atomic mass is 9.72. The summed E-state index contributed by atoms with van der Waals surface area (Å²) in [5.74, 6) is -5.92. The normalized spacial score (nSPS) is 27.6. The van der Waals surface area contributed by atoms with Crippen LogP contribution in [-0.2, 0) is 59.7 Å². The van der Waals surface area contributed by atoms with Crippen molar-refractivity contribution in [2.24, 2.45) is 0 Å². The Morgan fingerprint density at radius 3 is 2.02 bits per heavy atom. The van der Waals surface area contributed by atoms with Crippen LogP contribution in [0.1, 0.15) is 110 Å². The van der Waals surface area contributed by atoms with Crippen molar-refractivity contribution in [1.29, 1.82) is 0 Å². The molecule has 1 saturated heterocycles. The lowest BCUT2D eigenvalue weighted by Gasteiger charge is -2.55. The van der Waals surface area contributed by atoms with Crippen molar-refractivity contribution in [3.05, 3.63) is 51.1 Å². The molecule has 4 aliphatic rings. The van der Waals surface area contributed by atoms with Crippen LogP contribution in [0.2, 0.25) is 0 Å². The van der Waals surface area contributed by atoms with Gasteiger partial charge in [-0.25, -0.2) is 0 Å². The molecule has 0 radical (unpaired) electrons. The van der Waals surface area contributed by atoms with Gasteiger partial charge in [0, 0.05) is 71.3 Å². The third kappa shape index (κ3) is 6.31. The highest BCUT2D eigenvalue weighted by atomic mass is 16.7. The second kappa shape index (κ2) is 13.6. The Morgan fingerprint density at radius 1 is 0.815 bits per heavy atom. The first-order valence-electron chi connectivity index (χ1n) is 17.2. The molecule has 0 spiro atoms. The van der Waals surface area contributed by atoms with Crippen molar-refractivity contribution in [2.75, 3.05) is 21.2 Å². The molecular weight excluding hydrogens is 710 g/mol. The summed E-state index contributed by atoms with van der Waals surface area (Å²) in [6.45, 7) is 9.17. The Morgan fingerprint density at radius 2 is 1.46 bits per heavy atom. The number of nitrogens with zero attached hydrogens (tertiary/aromatic N) is 1. The van der Waals surface area contributed by atoms with E-state index in [1.165, 1.54) is 40.0 Å². The second-order valence-electron chi connectivity index (χ2n) is 14.5. The van der Waals surface area contributed by atoms with E-state index < -0.39 is 83.3 Å².